The summed E-state index contributed by atoms with van der Waals surface area (Å²) in [4.78, 5) is 25.4. The third-order valence-corrected chi connectivity index (χ3v) is 6.92. The van der Waals surface area contributed by atoms with Crippen molar-refractivity contribution >= 4 is 28.2 Å². The Bertz CT molecular complexity index is 1200. The van der Waals surface area contributed by atoms with Crippen molar-refractivity contribution in [3.8, 4) is 16.9 Å². The summed E-state index contributed by atoms with van der Waals surface area (Å²) in [6, 6.07) is 12.2. The van der Waals surface area contributed by atoms with Crippen molar-refractivity contribution in [2.75, 3.05) is 18.5 Å². The SMILES string of the molecule is CCOC(=O)c1c(-c2ccc(C)c(C)c2)csc1NC(=O)CCCOc1ccc(C(C)C)c(C)c1. The summed E-state index contributed by atoms with van der Waals surface area (Å²) in [5.74, 6) is 0.702. The molecule has 3 rings (SSSR count). The minimum Gasteiger partial charge on any atom is -0.494 e. The molecule has 1 heterocycles. The van der Waals surface area contributed by atoms with E-state index in [9.17, 15) is 9.59 Å². The van der Waals surface area contributed by atoms with E-state index in [0.717, 1.165) is 22.4 Å². The number of anilines is 1. The van der Waals surface area contributed by atoms with Gasteiger partial charge in [0.1, 0.15) is 16.3 Å². The van der Waals surface area contributed by atoms with E-state index in [4.69, 9.17) is 9.47 Å². The molecule has 0 saturated carbocycles. The maximum Gasteiger partial charge on any atom is 0.341 e. The molecule has 3 aromatic rings. The smallest absolute Gasteiger partial charge is 0.341 e. The lowest BCUT2D eigenvalue weighted by molar-refractivity contribution is -0.116. The third kappa shape index (κ3) is 6.73. The van der Waals surface area contributed by atoms with E-state index in [2.05, 4.69) is 45.1 Å². The van der Waals surface area contributed by atoms with Crippen LogP contribution in [0.2, 0.25) is 0 Å². The second-order valence-electron chi connectivity index (χ2n) is 9.05. The highest BCUT2D eigenvalue weighted by Crippen LogP contribution is 2.37. The molecule has 0 saturated heterocycles. The van der Waals surface area contributed by atoms with E-state index in [1.807, 2.05) is 36.6 Å². The van der Waals surface area contributed by atoms with Crippen molar-refractivity contribution in [2.45, 2.75) is 60.3 Å². The van der Waals surface area contributed by atoms with Crippen LogP contribution in [0.1, 0.15) is 72.1 Å². The van der Waals surface area contributed by atoms with Crippen molar-refractivity contribution in [1.29, 1.82) is 0 Å². The molecule has 186 valence electrons. The Morgan fingerprint density at radius 3 is 2.43 bits per heavy atom. The lowest BCUT2D eigenvalue weighted by Gasteiger charge is -2.12. The van der Waals surface area contributed by atoms with Gasteiger partial charge < -0.3 is 14.8 Å². The van der Waals surface area contributed by atoms with Gasteiger partial charge in [-0.15, -0.1) is 11.3 Å². The van der Waals surface area contributed by atoms with Crippen molar-refractivity contribution in [1.82, 2.24) is 0 Å². The first-order chi connectivity index (χ1) is 16.7. The number of rotatable bonds is 10. The highest BCUT2D eigenvalue weighted by atomic mass is 32.1. The second-order valence-corrected chi connectivity index (χ2v) is 9.93. The average Bonchev–Trinajstić information content (AvgIpc) is 3.22. The topological polar surface area (TPSA) is 64.6 Å². The number of esters is 1. The third-order valence-electron chi connectivity index (χ3n) is 6.02. The summed E-state index contributed by atoms with van der Waals surface area (Å²) in [5.41, 5.74) is 6.96. The van der Waals surface area contributed by atoms with Gasteiger partial charge in [0.2, 0.25) is 5.91 Å². The van der Waals surface area contributed by atoms with Gasteiger partial charge in [-0.2, -0.15) is 0 Å². The van der Waals surface area contributed by atoms with Crippen LogP contribution in [0.4, 0.5) is 5.00 Å². The number of hydrogen-bond donors (Lipinski definition) is 1. The van der Waals surface area contributed by atoms with Crippen molar-refractivity contribution in [3.05, 3.63) is 69.6 Å². The quantitative estimate of drug-likeness (QED) is 0.235. The van der Waals surface area contributed by atoms with Crippen LogP contribution in [0.3, 0.4) is 0 Å². The Morgan fingerprint density at radius 1 is 1.00 bits per heavy atom. The zero-order valence-electron chi connectivity index (χ0n) is 21.5. The standard InChI is InChI=1S/C29H35NO4S/c1-7-33-29(32)27-25(22-11-10-19(4)20(5)15-22)17-35-28(27)30-26(31)9-8-14-34-23-12-13-24(18(2)3)21(6)16-23/h10-13,15-18H,7-9,14H2,1-6H3,(H,30,31). The van der Waals surface area contributed by atoms with Crippen LogP contribution in [0, 0.1) is 20.8 Å². The molecule has 0 bridgehead atoms. The molecule has 0 aliphatic heterocycles. The van der Waals surface area contributed by atoms with E-state index in [1.165, 1.54) is 28.0 Å². The molecule has 0 radical (unpaired) electrons. The van der Waals surface area contributed by atoms with Crippen LogP contribution < -0.4 is 10.1 Å². The number of benzene rings is 2. The number of thiophene rings is 1. The van der Waals surface area contributed by atoms with Crippen LogP contribution in [0.15, 0.2) is 41.8 Å². The highest BCUT2D eigenvalue weighted by molar-refractivity contribution is 7.15. The van der Waals surface area contributed by atoms with Crippen LogP contribution >= 0.6 is 11.3 Å². The van der Waals surface area contributed by atoms with Gasteiger partial charge in [-0.1, -0.05) is 38.1 Å². The molecule has 2 aromatic carbocycles. The van der Waals surface area contributed by atoms with Crippen molar-refractivity contribution in [2.24, 2.45) is 0 Å². The van der Waals surface area contributed by atoms with Gasteiger partial charge in [-0.25, -0.2) is 4.79 Å². The normalized spacial score (nSPS) is 10.9. The van der Waals surface area contributed by atoms with E-state index in [1.54, 1.807) is 6.92 Å². The van der Waals surface area contributed by atoms with Gasteiger partial charge in [0.25, 0.3) is 0 Å². The minimum atomic E-state index is -0.430. The number of aryl methyl sites for hydroxylation is 3. The Balaban J connectivity index is 1.64. The van der Waals surface area contributed by atoms with Crippen LogP contribution in [-0.2, 0) is 9.53 Å². The number of amides is 1. The lowest BCUT2D eigenvalue weighted by Crippen LogP contribution is -2.15. The molecular formula is C29H35NO4S. The maximum absolute atomic E-state index is 12.8. The molecule has 6 heteroatoms. The Kier molecular flexibility index (Phi) is 9.10. The molecule has 1 aromatic heterocycles. The molecule has 0 unspecified atom stereocenters. The summed E-state index contributed by atoms with van der Waals surface area (Å²) in [6.45, 7) is 13.0. The molecule has 0 fully saturated rings. The molecule has 0 spiro atoms. The largest absolute Gasteiger partial charge is 0.494 e. The fraction of sp³-hybridized carbons (Fsp3) is 0.379. The first kappa shape index (κ1) is 26.5. The van der Waals surface area contributed by atoms with Gasteiger partial charge in [-0.05, 0) is 80.0 Å². The minimum absolute atomic E-state index is 0.154. The lowest BCUT2D eigenvalue weighted by atomic mass is 9.98. The number of ether oxygens (including phenoxy) is 2. The molecule has 0 atom stereocenters. The van der Waals surface area contributed by atoms with Crippen molar-refractivity contribution in [3.63, 3.8) is 0 Å². The molecular weight excluding hydrogens is 458 g/mol. The number of hydrogen-bond acceptors (Lipinski definition) is 5. The fourth-order valence-corrected chi connectivity index (χ4v) is 4.95. The maximum atomic E-state index is 12.8. The van der Waals surface area contributed by atoms with E-state index >= 15 is 0 Å². The number of carbonyl (C=O) groups is 2. The number of nitrogens with one attached hydrogen (secondary N) is 1. The highest BCUT2D eigenvalue weighted by Gasteiger charge is 2.23. The number of carbonyl (C=O) groups excluding carboxylic acids is 2. The zero-order chi connectivity index (χ0) is 25.5. The van der Waals surface area contributed by atoms with Crippen LogP contribution in [-0.4, -0.2) is 25.1 Å². The molecule has 5 nitrogen and oxygen atoms in total. The van der Waals surface area contributed by atoms with Gasteiger partial charge in [-0.3, -0.25) is 4.79 Å². The molecule has 0 aliphatic rings. The summed E-state index contributed by atoms with van der Waals surface area (Å²) in [5, 5.41) is 5.33. The van der Waals surface area contributed by atoms with E-state index in [0.29, 0.717) is 35.9 Å². The van der Waals surface area contributed by atoms with Gasteiger partial charge in [0.15, 0.2) is 0 Å². The van der Waals surface area contributed by atoms with Crippen LogP contribution in [0.25, 0.3) is 11.1 Å². The summed E-state index contributed by atoms with van der Waals surface area (Å²) < 4.78 is 11.1. The van der Waals surface area contributed by atoms with Gasteiger partial charge >= 0.3 is 5.97 Å². The zero-order valence-corrected chi connectivity index (χ0v) is 22.3. The predicted octanol–water partition coefficient (Wildman–Crippen LogP) is 7.44. The molecule has 0 aliphatic carbocycles. The Hall–Kier alpha value is -3.12. The van der Waals surface area contributed by atoms with Crippen LogP contribution in [0.5, 0.6) is 5.75 Å². The van der Waals surface area contributed by atoms with Crippen molar-refractivity contribution < 1.29 is 19.1 Å². The van der Waals surface area contributed by atoms with Gasteiger partial charge in [0, 0.05) is 17.4 Å². The summed E-state index contributed by atoms with van der Waals surface area (Å²) >= 11 is 1.34. The summed E-state index contributed by atoms with van der Waals surface area (Å²) in [6.07, 6.45) is 0.864. The molecule has 35 heavy (non-hydrogen) atoms. The first-order valence-electron chi connectivity index (χ1n) is 12.1. The fourth-order valence-electron chi connectivity index (χ4n) is 3.97. The van der Waals surface area contributed by atoms with E-state index in [-0.39, 0.29) is 12.5 Å². The molecule has 1 amide bonds. The predicted molar refractivity (Wildman–Crippen MR) is 144 cm³/mol. The summed E-state index contributed by atoms with van der Waals surface area (Å²) in [7, 11) is 0. The average molecular weight is 494 g/mol. The van der Waals surface area contributed by atoms with Gasteiger partial charge in [0.05, 0.1) is 13.2 Å². The van der Waals surface area contributed by atoms with E-state index < -0.39 is 5.97 Å². The second kappa shape index (κ2) is 12.0. The first-order valence-corrected chi connectivity index (χ1v) is 13.0. The Morgan fingerprint density at radius 2 is 1.77 bits per heavy atom. The monoisotopic (exact) mass is 493 g/mol. The molecule has 1 N–H and O–H groups in total. The Labute approximate surface area is 212 Å².